The molecule has 1 aromatic carbocycles. The van der Waals surface area contributed by atoms with E-state index in [0.29, 0.717) is 13.0 Å². The van der Waals surface area contributed by atoms with Crippen LogP contribution in [-0.2, 0) is 16.0 Å². The quantitative estimate of drug-likeness (QED) is 0.921. The predicted octanol–water partition coefficient (Wildman–Crippen LogP) is 2.01. The second-order valence-electron chi connectivity index (χ2n) is 5.42. The van der Waals surface area contributed by atoms with Gasteiger partial charge in [-0.15, -0.1) is 0 Å². The topological polar surface area (TPSA) is 66.8 Å². The van der Waals surface area contributed by atoms with Crippen LogP contribution < -0.4 is 4.74 Å². The van der Waals surface area contributed by atoms with Crippen LogP contribution in [0.3, 0.4) is 0 Å². The van der Waals surface area contributed by atoms with E-state index in [-0.39, 0.29) is 12.3 Å². The van der Waals surface area contributed by atoms with E-state index >= 15 is 0 Å². The maximum absolute atomic E-state index is 12.4. The molecular formula is C16H21NO4. The Kier molecular flexibility index (Phi) is 4.83. The van der Waals surface area contributed by atoms with Crippen molar-refractivity contribution in [3.05, 3.63) is 29.3 Å². The number of carbonyl (C=O) groups is 2. The molecule has 1 aliphatic heterocycles. The van der Waals surface area contributed by atoms with Gasteiger partial charge < -0.3 is 14.7 Å². The van der Waals surface area contributed by atoms with Crippen molar-refractivity contribution >= 4 is 11.9 Å². The summed E-state index contributed by atoms with van der Waals surface area (Å²) in [4.78, 5) is 25.1. The number of hydrogen-bond donors (Lipinski definition) is 1. The highest BCUT2D eigenvalue weighted by molar-refractivity contribution is 5.85. The van der Waals surface area contributed by atoms with Crippen molar-refractivity contribution in [2.75, 3.05) is 13.7 Å². The zero-order valence-electron chi connectivity index (χ0n) is 12.5. The second kappa shape index (κ2) is 6.61. The Hall–Kier alpha value is -2.04. The lowest BCUT2D eigenvalue weighted by molar-refractivity contribution is -0.151. The molecule has 1 N–H and O–H groups in total. The van der Waals surface area contributed by atoms with Gasteiger partial charge in [0.1, 0.15) is 11.8 Å². The summed E-state index contributed by atoms with van der Waals surface area (Å²) in [7, 11) is 1.60. The number of hydrogen-bond acceptors (Lipinski definition) is 3. The number of rotatable bonds is 4. The molecule has 0 spiro atoms. The lowest BCUT2D eigenvalue weighted by atomic mass is 10.0. The highest BCUT2D eigenvalue weighted by atomic mass is 16.5. The normalized spacial score (nSPS) is 18.4. The molecule has 1 aliphatic rings. The number of amides is 1. The molecule has 1 atom stereocenters. The third-order valence-corrected chi connectivity index (χ3v) is 3.94. The van der Waals surface area contributed by atoms with Gasteiger partial charge in [-0.2, -0.15) is 0 Å². The minimum absolute atomic E-state index is 0.131. The zero-order chi connectivity index (χ0) is 15.4. The van der Waals surface area contributed by atoms with E-state index in [4.69, 9.17) is 4.74 Å². The minimum Gasteiger partial charge on any atom is -0.496 e. The summed E-state index contributed by atoms with van der Waals surface area (Å²) in [6.45, 7) is 2.47. The highest BCUT2D eigenvalue weighted by Crippen LogP contribution is 2.22. The number of carboxylic acids is 1. The first-order valence-corrected chi connectivity index (χ1v) is 7.18. The van der Waals surface area contributed by atoms with Gasteiger partial charge in [-0.25, -0.2) is 4.79 Å². The minimum atomic E-state index is -0.912. The van der Waals surface area contributed by atoms with E-state index in [1.54, 1.807) is 7.11 Å². The molecule has 1 amide bonds. The molecule has 0 aromatic heterocycles. The first-order chi connectivity index (χ1) is 10.0. The Bertz CT molecular complexity index is 541. The maximum atomic E-state index is 12.4. The molecule has 21 heavy (non-hydrogen) atoms. The van der Waals surface area contributed by atoms with Gasteiger partial charge in [0.2, 0.25) is 5.91 Å². The second-order valence-corrected chi connectivity index (χ2v) is 5.42. The van der Waals surface area contributed by atoms with Crippen LogP contribution in [-0.4, -0.2) is 41.6 Å². The maximum Gasteiger partial charge on any atom is 0.326 e. The van der Waals surface area contributed by atoms with Crippen LogP contribution in [0.1, 0.15) is 30.4 Å². The van der Waals surface area contributed by atoms with Gasteiger partial charge in [0, 0.05) is 6.54 Å². The van der Waals surface area contributed by atoms with Crippen LogP contribution in [0.4, 0.5) is 0 Å². The lowest BCUT2D eigenvalue weighted by Crippen LogP contribution is -2.48. The van der Waals surface area contributed by atoms with Gasteiger partial charge in [-0.1, -0.05) is 12.1 Å². The van der Waals surface area contributed by atoms with E-state index in [2.05, 4.69) is 0 Å². The van der Waals surface area contributed by atoms with Crippen LogP contribution in [0.25, 0.3) is 0 Å². The van der Waals surface area contributed by atoms with E-state index < -0.39 is 12.0 Å². The number of carbonyl (C=O) groups excluding carboxylic acids is 1. The summed E-state index contributed by atoms with van der Waals surface area (Å²) in [5, 5.41) is 9.23. The Morgan fingerprint density at radius 3 is 2.81 bits per heavy atom. The third-order valence-electron chi connectivity index (χ3n) is 3.94. The molecular weight excluding hydrogens is 270 g/mol. The summed E-state index contributed by atoms with van der Waals surface area (Å²) in [5.41, 5.74) is 1.85. The summed E-state index contributed by atoms with van der Waals surface area (Å²) < 4.78 is 5.25. The van der Waals surface area contributed by atoms with Gasteiger partial charge in [0.25, 0.3) is 0 Å². The number of piperidine rings is 1. The summed E-state index contributed by atoms with van der Waals surface area (Å²) >= 11 is 0. The molecule has 0 unspecified atom stereocenters. The van der Waals surface area contributed by atoms with Crippen LogP contribution in [0.5, 0.6) is 5.75 Å². The average Bonchev–Trinajstić information content (AvgIpc) is 2.49. The van der Waals surface area contributed by atoms with Crippen LogP contribution >= 0.6 is 0 Å². The van der Waals surface area contributed by atoms with E-state index in [1.165, 1.54) is 4.90 Å². The smallest absolute Gasteiger partial charge is 0.326 e. The fourth-order valence-corrected chi connectivity index (χ4v) is 2.74. The molecule has 1 aromatic rings. The lowest BCUT2D eigenvalue weighted by Gasteiger charge is -2.33. The highest BCUT2D eigenvalue weighted by Gasteiger charge is 2.31. The van der Waals surface area contributed by atoms with Gasteiger partial charge in [0.05, 0.1) is 13.5 Å². The molecule has 2 rings (SSSR count). The number of nitrogens with zero attached hydrogens (tertiary/aromatic N) is 1. The summed E-state index contributed by atoms with van der Waals surface area (Å²) in [5.74, 6) is -0.300. The number of benzene rings is 1. The molecule has 0 aliphatic carbocycles. The first-order valence-electron chi connectivity index (χ1n) is 7.18. The molecule has 0 bridgehead atoms. The Balaban J connectivity index is 2.11. The fraction of sp³-hybridized carbons (Fsp3) is 0.500. The number of aliphatic carboxylic acids is 1. The molecule has 5 heteroatoms. The van der Waals surface area contributed by atoms with Crippen LogP contribution in [0.2, 0.25) is 0 Å². The van der Waals surface area contributed by atoms with Crippen molar-refractivity contribution in [2.24, 2.45) is 0 Å². The van der Waals surface area contributed by atoms with Gasteiger partial charge in [-0.3, -0.25) is 4.79 Å². The number of carboxylic acid groups (broad SMARTS) is 1. The van der Waals surface area contributed by atoms with Gasteiger partial charge in [0.15, 0.2) is 0 Å². The van der Waals surface area contributed by atoms with Crippen LogP contribution in [0.15, 0.2) is 18.2 Å². The predicted molar refractivity (Wildman–Crippen MR) is 78.4 cm³/mol. The number of likely N-dealkylation sites (tertiary alicyclic amines) is 1. The van der Waals surface area contributed by atoms with Gasteiger partial charge in [-0.05, 0) is 43.4 Å². The SMILES string of the molecule is COc1cc(CC(=O)N2CCCC[C@@H]2C(=O)O)ccc1C. The van der Waals surface area contributed by atoms with Crippen LogP contribution in [0, 0.1) is 6.92 Å². The average molecular weight is 291 g/mol. The van der Waals surface area contributed by atoms with Crippen molar-refractivity contribution < 1.29 is 19.4 Å². The molecule has 0 saturated carbocycles. The number of aryl methyl sites for hydroxylation is 1. The van der Waals surface area contributed by atoms with E-state index in [1.807, 2.05) is 25.1 Å². The standard InChI is InChI=1S/C16H21NO4/c1-11-6-7-12(9-14(11)21-2)10-15(18)17-8-4-3-5-13(17)16(19)20/h6-7,9,13H,3-5,8,10H2,1-2H3,(H,19,20)/t13-/m1/s1. The first kappa shape index (κ1) is 15.4. The van der Waals surface area contributed by atoms with Crippen molar-refractivity contribution in [1.82, 2.24) is 4.90 Å². The van der Waals surface area contributed by atoms with E-state index in [9.17, 15) is 14.7 Å². The molecule has 114 valence electrons. The van der Waals surface area contributed by atoms with Crippen molar-refractivity contribution in [1.29, 1.82) is 0 Å². The molecule has 5 nitrogen and oxygen atoms in total. The Labute approximate surface area is 124 Å². The fourth-order valence-electron chi connectivity index (χ4n) is 2.74. The molecule has 1 heterocycles. The molecule has 0 radical (unpaired) electrons. The monoisotopic (exact) mass is 291 g/mol. The number of methoxy groups -OCH3 is 1. The Morgan fingerprint density at radius 1 is 1.38 bits per heavy atom. The molecule has 1 fully saturated rings. The zero-order valence-corrected chi connectivity index (χ0v) is 12.5. The van der Waals surface area contributed by atoms with E-state index in [0.717, 1.165) is 29.7 Å². The van der Waals surface area contributed by atoms with Crippen molar-refractivity contribution in [3.63, 3.8) is 0 Å². The van der Waals surface area contributed by atoms with Crippen molar-refractivity contribution in [2.45, 2.75) is 38.6 Å². The summed E-state index contributed by atoms with van der Waals surface area (Å²) in [6, 6.07) is 4.95. The largest absolute Gasteiger partial charge is 0.496 e. The van der Waals surface area contributed by atoms with Crippen molar-refractivity contribution in [3.8, 4) is 5.75 Å². The number of ether oxygens (including phenoxy) is 1. The summed E-state index contributed by atoms with van der Waals surface area (Å²) in [6.07, 6.45) is 2.48. The molecule has 1 saturated heterocycles. The Morgan fingerprint density at radius 2 is 2.14 bits per heavy atom. The third kappa shape index (κ3) is 3.54. The van der Waals surface area contributed by atoms with Gasteiger partial charge >= 0.3 is 5.97 Å².